The number of hydrogen-bond donors (Lipinski definition) is 1. The highest BCUT2D eigenvalue weighted by atomic mass is 79.9. The lowest BCUT2D eigenvalue weighted by atomic mass is 10.4. The van der Waals surface area contributed by atoms with E-state index in [1.807, 2.05) is 11.4 Å². The van der Waals surface area contributed by atoms with Gasteiger partial charge in [0.25, 0.3) is 0 Å². The van der Waals surface area contributed by atoms with Crippen LogP contribution in [0.4, 0.5) is 0 Å². The number of thiophene rings is 1. The molecule has 1 amide bonds. The predicted molar refractivity (Wildman–Crippen MR) is 73.8 cm³/mol. The number of halogens is 1. The SMILES string of the molecule is CS(=O)(=O)CCNC(=O)/C=C/c1cc(Br)cs1. The fourth-order valence-electron chi connectivity index (χ4n) is 0.992. The van der Waals surface area contributed by atoms with Crippen molar-refractivity contribution in [3.63, 3.8) is 0 Å². The van der Waals surface area contributed by atoms with Crippen molar-refractivity contribution in [2.24, 2.45) is 0 Å². The standard InChI is InChI=1S/C10H12BrNO3S2/c1-17(14,15)5-4-12-10(13)3-2-9-6-8(11)7-16-9/h2-3,6-7H,4-5H2,1H3,(H,12,13)/b3-2+. The maximum atomic E-state index is 11.3. The summed E-state index contributed by atoms with van der Waals surface area (Å²) in [6.07, 6.45) is 4.21. The molecule has 7 heteroatoms. The van der Waals surface area contributed by atoms with Gasteiger partial charge in [0.05, 0.1) is 5.75 Å². The Hall–Kier alpha value is -0.660. The average Bonchev–Trinajstić information content (AvgIpc) is 2.59. The zero-order valence-electron chi connectivity index (χ0n) is 9.14. The first-order valence-corrected chi connectivity index (χ1v) is 8.48. The lowest BCUT2D eigenvalue weighted by Gasteiger charge is -1.99. The Morgan fingerprint density at radius 2 is 2.29 bits per heavy atom. The first-order chi connectivity index (χ1) is 7.87. The van der Waals surface area contributed by atoms with Gasteiger partial charge < -0.3 is 5.32 Å². The summed E-state index contributed by atoms with van der Waals surface area (Å²) in [4.78, 5) is 12.3. The van der Waals surface area contributed by atoms with E-state index in [0.717, 1.165) is 15.6 Å². The van der Waals surface area contributed by atoms with Gasteiger partial charge >= 0.3 is 0 Å². The highest BCUT2D eigenvalue weighted by molar-refractivity contribution is 9.10. The second-order valence-electron chi connectivity index (χ2n) is 3.42. The molecule has 0 bridgehead atoms. The van der Waals surface area contributed by atoms with Crippen molar-refractivity contribution in [3.05, 3.63) is 26.9 Å². The molecule has 94 valence electrons. The highest BCUT2D eigenvalue weighted by Crippen LogP contribution is 2.20. The van der Waals surface area contributed by atoms with Crippen LogP contribution >= 0.6 is 27.3 Å². The van der Waals surface area contributed by atoms with Crippen LogP contribution in [0.1, 0.15) is 4.88 Å². The molecule has 1 rings (SSSR count). The number of rotatable bonds is 5. The molecule has 1 aromatic rings. The van der Waals surface area contributed by atoms with E-state index in [0.29, 0.717) is 0 Å². The summed E-state index contributed by atoms with van der Waals surface area (Å²) < 4.78 is 22.6. The lowest BCUT2D eigenvalue weighted by Crippen LogP contribution is -2.27. The molecule has 4 nitrogen and oxygen atoms in total. The topological polar surface area (TPSA) is 63.2 Å². The zero-order chi connectivity index (χ0) is 12.9. The first kappa shape index (κ1) is 14.4. The van der Waals surface area contributed by atoms with Gasteiger partial charge in [0.15, 0.2) is 0 Å². The first-order valence-electron chi connectivity index (χ1n) is 4.74. The number of nitrogens with one attached hydrogen (secondary N) is 1. The molecule has 0 saturated heterocycles. The number of carbonyl (C=O) groups excluding carboxylic acids is 1. The van der Waals surface area contributed by atoms with Gasteiger partial charge in [-0.25, -0.2) is 8.42 Å². The summed E-state index contributed by atoms with van der Waals surface area (Å²) in [6.45, 7) is 0.135. The molecule has 0 aromatic carbocycles. The third-order valence-corrected chi connectivity index (χ3v) is 4.36. The van der Waals surface area contributed by atoms with E-state index in [-0.39, 0.29) is 18.2 Å². The summed E-state index contributed by atoms with van der Waals surface area (Å²) in [5.74, 6) is -0.338. The van der Waals surface area contributed by atoms with E-state index < -0.39 is 9.84 Å². The van der Waals surface area contributed by atoms with Crippen LogP contribution in [-0.2, 0) is 14.6 Å². The van der Waals surface area contributed by atoms with Gasteiger partial charge in [0, 0.05) is 33.6 Å². The monoisotopic (exact) mass is 337 g/mol. The second-order valence-corrected chi connectivity index (χ2v) is 7.54. The third kappa shape index (κ3) is 6.60. The van der Waals surface area contributed by atoms with Crippen LogP contribution in [0.5, 0.6) is 0 Å². The van der Waals surface area contributed by atoms with Gasteiger partial charge in [-0.2, -0.15) is 0 Å². The van der Waals surface area contributed by atoms with Gasteiger partial charge in [-0.3, -0.25) is 4.79 Å². The minimum absolute atomic E-state index is 0.0445. The number of sulfone groups is 1. The van der Waals surface area contributed by atoms with Crippen molar-refractivity contribution in [1.29, 1.82) is 0 Å². The minimum atomic E-state index is -3.03. The summed E-state index contributed by atoms with van der Waals surface area (Å²) >= 11 is 4.82. The van der Waals surface area contributed by atoms with E-state index >= 15 is 0 Å². The Kier molecular flexibility index (Phi) is 5.35. The van der Waals surface area contributed by atoms with Crippen LogP contribution in [0.3, 0.4) is 0 Å². The van der Waals surface area contributed by atoms with Gasteiger partial charge in [-0.05, 0) is 28.1 Å². The third-order valence-electron chi connectivity index (χ3n) is 1.76. The molecule has 0 spiro atoms. The summed E-state index contributed by atoms with van der Waals surface area (Å²) in [5, 5.41) is 4.42. The van der Waals surface area contributed by atoms with Crippen molar-refractivity contribution >= 4 is 49.1 Å². The second kappa shape index (κ2) is 6.32. The number of carbonyl (C=O) groups is 1. The van der Waals surface area contributed by atoms with E-state index in [1.54, 1.807) is 6.08 Å². The van der Waals surface area contributed by atoms with Crippen molar-refractivity contribution < 1.29 is 13.2 Å². The maximum Gasteiger partial charge on any atom is 0.244 e. The minimum Gasteiger partial charge on any atom is -0.352 e. The Balaban J connectivity index is 2.37. The van der Waals surface area contributed by atoms with Crippen LogP contribution in [-0.4, -0.2) is 32.9 Å². The molecular formula is C10H12BrNO3S2. The molecule has 1 aromatic heterocycles. The molecule has 0 atom stereocenters. The van der Waals surface area contributed by atoms with Crippen LogP contribution in [0.2, 0.25) is 0 Å². The number of hydrogen-bond acceptors (Lipinski definition) is 4. The van der Waals surface area contributed by atoms with E-state index in [2.05, 4.69) is 21.2 Å². The van der Waals surface area contributed by atoms with Gasteiger partial charge in [0.1, 0.15) is 9.84 Å². The molecule has 0 radical (unpaired) electrons. The van der Waals surface area contributed by atoms with Crippen molar-refractivity contribution in [1.82, 2.24) is 5.32 Å². The normalized spacial score (nSPS) is 11.9. The molecule has 0 aliphatic heterocycles. The fraction of sp³-hybridized carbons (Fsp3) is 0.300. The molecule has 1 N–H and O–H groups in total. The Morgan fingerprint density at radius 1 is 1.59 bits per heavy atom. The summed E-state index contributed by atoms with van der Waals surface area (Å²) in [6, 6.07) is 1.89. The molecule has 0 unspecified atom stereocenters. The molecular weight excluding hydrogens is 326 g/mol. The van der Waals surface area contributed by atoms with Crippen LogP contribution in [0.25, 0.3) is 6.08 Å². The largest absolute Gasteiger partial charge is 0.352 e. The van der Waals surface area contributed by atoms with Crippen molar-refractivity contribution in [2.75, 3.05) is 18.6 Å². The maximum absolute atomic E-state index is 11.3. The average molecular weight is 338 g/mol. The van der Waals surface area contributed by atoms with Crippen molar-refractivity contribution in [2.45, 2.75) is 0 Å². The summed E-state index contributed by atoms with van der Waals surface area (Å²) in [7, 11) is -3.03. The van der Waals surface area contributed by atoms with Crippen LogP contribution in [0.15, 0.2) is 22.0 Å². The van der Waals surface area contributed by atoms with E-state index in [4.69, 9.17) is 0 Å². The molecule has 0 aliphatic rings. The number of amides is 1. The molecule has 1 heterocycles. The predicted octanol–water partition coefficient (Wildman–Crippen LogP) is 1.68. The van der Waals surface area contributed by atoms with Gasteiger partial charge in [0.2, 0.25) is 5.91 Å². The Morgan fingerprint density at radius 3 is 2.82 bits per heavy atom. The highest BCUT2D eigenvalue weighted by Gasteiger charge is 2.02. The van der Waals surface area contributed by atoms with Crippen LogP contribution < -0.4 is 5.32 Å². The van der Waals surface area contributed by atoms with Crippen molar-refractivity contribution in [3.8, 4) is 0 Å². The zero-order valence-corrected chi connectivity index (χ0v) is 12.4. The quantitative estimate of drug-likeness (QED) is 0.831. The summed E-state index contributed by atoms with van der Waals surface area (Å²) in [5.41, 5.74) is 0. The fourth-order valence-corrected chi connectivity index (χ4v) is 2.80. The van der Waals surface area contributed by atoms with E-state index in [1.165, 1.54) is 17.4 Å². The van der Waals surface area contributed by atoms with Gasteiger partial charge in [-0.1, -0.05) is 0 Å². The van der Waals surface area contributed by atoms with E-state index in [9.17, 15) is 13.2 Å². The molecule has 17 heavy (non-hydrogen) atoms. The smallest absolute Gasteiger partial charge is 0.244 e. The Labute approximate surface area is 113 Å². The van der Waals surface area contributed by atoms with Crippen LogP contribution in [0, 0.1) is 0 Å². The van der Waals surface area contributed by atoms with Gasteiger partial charge in [-0.15, -0.1) is 11.3 Å². The molecule has 0 saturated carbocycles. The molecule has 0 fully saturated rings. The molecule has 0 aliphatic carbocycles. The Bertz CT molecular complexity index is 519. The lowest BCUT2D eigenvalue weighted by molar-refractivity contribution is -0.116.